The average Bonchev–Trinajstić information content (AvgIpc) is 2.75. The average molecular weight is 319 g/mol. The molecule has 0 heterocycles. The van der Waals surface area contributed by atoms with E-state index in [-0.39, 0.29) is 11.5 Å². The van der Waals surface area contributed by atoms with Crippen molar-refractivity contribution in [2.45, 2.75) is 91.6 Å². The summed E-state index contributed by atoms with van der Waals surface area (Å²) < 4.78 is 0. The van der Waals surface area contributed by atoms with Crippen LogP contribution in [0.1, 0.15) is 85.5 Å². The largest absolute Gasteiger partial charge is 0.393 e. The second-order valence-corrected chi connectivity index (χ2v) is 8.92. The number of aliphatic hydroxyl groups is 1. The molecule has 7 atom stereocenters. The molecule has 4 aliphatic carbocycles. The van der Waals surface area contributed by atoms with Crippen molar-refractivity contribution in [3.05, 3.63) is 11.6 Å². The van der Waals surface area contributed by atoms with E-state index in [0.717, 1.165) is 36.0 Å². The zero-order valence-corrected chi connectivity index (χ0v) is 15.9. The minimum Gasteiger partial charge on any atom is -0.393 e. The molecule has 3 saturated carbocycles. The van der Waals surface area contributed by atoms with Crippen LogP contribution in [0.4, 0.5) is 0 Å². The first-order valence-electron chi connectivity index (χ1n) is 10.4. The molecule has 0 amide bonds. The zero-order chi connectivity index (χ0) is 16.6. The van der Waals surface area contributed by atoms with Crippen LogP contribution in [-0.2, 0) is 0 Å². The molecular weight excluding hydrogens is 280 g/mol. The Hall–Kier alpha value is -0.300. The zero-order valence-electron chi connectivity index (χ0n) is 15.9. The molecule has 0 aromatic heterocycles. The fourth-order valence-electron chi connectivity index (χ4n) is 6.87. The van der Waals surface area contributed by atoms with Crippen LogP contribution in [0.25, 0.3) is 0 Å². The predicted octanol–water partition coefficient (Wildman–Crippen LogP) is 5.97. The van der Waals surface area contributed by atoms with Crippen molar-refractivity contribution in [1.29, 1.82) is 0 Å². The molecule has 1 N–H and O–H groups in total. The number of fused-ring (bicyclic) bond motifs is 5. The van der Waals surface area contributed by atoms with E-state index in [1.54, 1.807) is 5.57 Å². The quantitative estimate of drug-likeness (QED) is 0.545. The van der Waals surface area contributed by atoms with E-state index in [1.165, 1.54) is 51.4 Å². The molecular formula is C22H38O. The summed E-state index contributed by atoms with van der Waals surface area (Å²) in [7, 11) is 0. The highest BCUT2D eigenvalue weighted by Crippen LogP contribution is 2.61. The van der Waals surface area contributed by atoms with Crippen molar-refractivity contribution >= 4 is 0 Å². The predicted molar refractivity (Wildman–Crippen MR) is 98.2 cm³/mol. The summed E-state index contributed by atoms with van der Waals surface area (Å²) in [5, 5.41) is 10.5. The van der Waals surface area contributed by atoms with Gasteiger partial charge in [-0.25, -0.2) is 0 Å². The van der Waals surface area contributed by atoms with Gasteiger partial charge in [0.2, 0.25) is 0 Å². The molecule has 5 unspecified atom stereocenters. The normalized spacial score (nSPS) is 48.8. The van der Waals surface area contributed by atoms with Gasteiger partial charge in [0.1, 0.15) is 0 Å². The second kappa shape index (κ2) is 6.90. The molecule has 0 aromatic carbocycles. The van der Waals surface area contributed by atoms with Crippen LogP contribution in [0.15, 0.2) is 11.6 Å². The Balaban J connectivity index is 0.000000753. The van der Waals surface area contributed by atoms with E-state index in [2.05, 4.69) is 19.9 Å². The van der Waals surface area contributed by atoms with Crippen molar-refractivity contribution < 1.29 is 5.11 Å². The molecule has 0 bridgehead atoms. The number of rotatable bonds is 0. The van der Waals surface area contributed by atoms with E-state index in [9.17, 15) is 5.11 Å². The van der Waals surface area contributed by atoms with Crippen LogP contribution >= 0.6 is 0 Å². The Morgan fingerprint density at radius 2 is 1.78 bits per heavy atom. The fourth-order valence-corrected chi connectivity index (χ4v) is 6.87. The highest BCUT2D eigenvalue weighted by Gasteiger charge is 2.55. The van der Waals surface area contributed by atoms with E-state index in [0.29, 0.717) is 0 Å². The topological polar surface area (TPSA) is 20.2 Å². The van der Waals surface area contributed by atoms with Crippen molar-refractivity contribution in [1.82, 2.24) is 0 Å². The highest BCUT2D eigenvalue weighted by molar-refractivity contribution is 5.11. The maximum atomic E-state index is 10.5. The van der Waals surface area contributed by atoms with E-state index >= 15 is 0 Å². The minimum absolute atomic E-state index is 0.0176. The van der Waals surface area contributed by atoms with Crippen LogP contribution in [0.2, 0.25) is 0 Å². The van der Waals surface area contributed by atoms with E-state index < -0.39 is 0 Å². The molecule has 4 aliphatic rings. The lowest BCUT2D eigenvalue weighted by Gasteiger charge is -2.50. The third-order valence-corrected chi connectivity index (χ3v) is 8.03. The van der Waals surface area contributed by atoms with Crippen molar-refractivity contribution in [3.63, 3.8) is 0 Å². The number of allylic oxidation sites excluding steroid dienone is 2. The number of aliphatic hydroxyl groups excluding tert-OH is 1. The Morgan fingerprint density at radius 1 is 1.00 bits per heavy atom. The molecule has 0 spiro atoms. The van der Waals surface area contributed by atoms with Crippen LogP contribution < -0.4 is 0 Å². The smallest absolute Gasteiger partial charge is 0.0596 e. The Kier molecular flexibility index (Phi) is 5.26. The monoisotopic (exact) mass is 318 g/mol. The second-order valence-electron chi connectivity index (χ2n) is 8.92. The van der Waals surface area contributed by atoms with Crippen LogP contribution in [-0.4, -0.2) is 11.2 Å². The minimum atomic E-state index is -0.0176. The lowest BCUT2D eigenvalue weighted by molar-refractivity contribution is -0.0496. The van der Waals surface area contributed by atoms with Gasteiger partial charge in [0, 0.05) is 0 Å². The molecule has 0 aliphatic heterocycles. The van der Waals surface area contributed by atoms with E-state index in [1.807, 2.05) is 13.8 Å². The maximum absolute atomic E-state index is 10.5. The van der Waals surface area contributed by atoms with Crippen molar-refractivity contribution in [3.8, 4) is 0 Å². The Bertz CT molecular complexity index is 439. The van der Waals surface area contributed by atoms with Gasteiger partial charge < -0.3 is 5.11 Å². The Labute approximate surface area is 143 Å². The Morgan fingerprint density at radius 3 is 2.57 bits per heavy atom. The highest BCUT2D eigenvalue weighted by atomic mass is 16.3. The van der Waals surface area contributed by atoms with Gasteiger partial charge in [-0.2, -0.15) is 0 Å². The summed E-state index contributed by atoms with van der Waals surface area (Å²) in [4.78, 5) is 0. The lowest BCUT2D eigenvalue weighted by Crippen LogP contribution is -2.45. The van der Waals surface area contributed by atoms with Gasteiger partial charge >= 0.3 is 0 Å². The summed E-state index contributed by atoms with van der Waals surface area (Å²) in [6.07, 6.45) is 14.6. The maximum Gasteiger partial charge on any atom is 0.0596 e. The van der Waals surface area contributed by atoms with Gasteiger partial charge in [0.25, 0.3) is 0 Å². The van der Waals surface area contributed by atoms with Crippen molar-refractivity contribution in [2.75, 3.05) is 0 Å². The van der Waals surface area contributed by atoms with Gasteiger partial charge in [-0.05, 0) is 93.3 Å². The number of hydrogen-bond donors (Lipinski definition) is 1. The summed E-state index contributed by atoms with van der Waals surface area (Å²) in [6, 6.07) is 0. The molecule has 23 heavy (non-hydrogen) atoms. The first kappa shape index (κ1) is 17.5. The van der Waals surface area contributed by atoms with Crippen molar-refractivity contribution in [2.24, 2.45) is 35.0 Å². The van der Waals surface area contributed by atoms with Gasteiger partial charge in [-0.1, -0.05) is 38.8 Å². The fraction of sp³-hybridized carbons (Fsp3) is 0.909. The third-order valence-electron chi connectivity index (χ3n) is 8.03. The first-order chi connectivity index (χ1) is 11.1. The SMILES string of the molecule is CC.CC1=CCC2C3CC[C@]4(C)C(O)CCC4C3CCC[C@H]2C1. The molecule has 0 aromatic rings. The van der Waals surface area contributed by atoms with Gasteiger partial charge in [0.15, 0.2) is 0 Å². The third kappa shape index (κ3) is 2.92. The van der Waals surface area contributed by atoms with Crippen LogP contribution in [0.5, 0.6) is 0 Å². The standard InChI is InChI=1S/C20H32O.C2H6/c1-13-6-7-15-14(12-13)4-3-5-17-16(15)10-11-20(2)18(17)8-9-19(20)21;1-2/h6,14-19,21H,3-5,7-12H2,1-2H3;1-2H3/t14-,15?,16?,17?,18?,19?,20-;/m0./s1. The number of hydrogen-bond acceptors (Lipinski definition) is 1. The summed E-state index contributed by atoms with van der Waals surface area (Å²) >= 11 is 0. The molecule has 3 fully saturated rings. The summed E-state index contributed by atoms with van der Waals surface area (Å²) in [5.74, 6) is 4.63. The molecule has 132 valence electrons. The molecule has 1 heteroatoms. The van der Waals surface area contributed by atoms with Gasteiger partial charge in [-0.15, -0.1) is 0 Å². The molecule has 4 rings (SSSR count). The van der Waals surface area contributed by atoms with E-state index in [4.69, 9.17) is 0 Å². The first-order valence-corrected chi connectivity index (χ1v) is 10.4. The lowest BCUT2D eigenvalue weighted by atomic mass is 9.55. The molecule has 0 radical (unpaired) electrons. The van der Waals surface area contributed by atoms with Crippen LogP contribution in [0, 0.1) is 35.0 Å². The van der Waals surface area contributed by atoms with Gasteiger partial charge in [0.05, 0.1) is 6.10 Å². The summed E-state index contributed by atoms with van der Waals surface area (Å²) in [6.45, 7) is 8.74. The molecule has 0 saturated heterocycles. The molecule has 1 nitrogen and oxygen atoms in total. The summed E-state index contributed by atoms with van der Waals surface area (Å²) in [5.41, 5.74) is 1.90. The van der Waals surface area contributed by atoms with Crippen LogP contribution in [0.3, 0.4) is 0 Å². The van der Waals surface area contributed by atoms with Gasteiger partial charge in [-0.3, -0.25) is 0 Å².